The van der Waals surface area contributed by atoms with Crippen molar-refractivity contribution in [3.8, 4) is 0 Å². The van der Waals surface area contributed by atoms with Crippen LogP contribution >= 0.6 is 11.6 Å². The molecule has 5 nitrogen and oxygen atoms in total. The molecule has 0 aliphatic carbocycles. The normalized spacial score (nSPS) is 12.0. The zero-order chi connectivity index (χ0) is 16.3. The number of halogens is 1. The number of carboxylic acids is 1. The number of aliphatic carboxylic acids is 1. The summed E-state index contributed by atoms with van der Waals surface area (Å²) in [5.41, 5.74) is 1.15. The zero-order valence-corrected chi connectivity index (χ0v) is 13.9. The van der Waals surface area contributed by atoms with Gasteiger partial charge in [-0.1, -0.05) is 25.4 Å². The van der Waals surface area contributed by atoms with E-state index in [0.717, 1.165) is 16.9 Å². The Labute approximate surface area is 135 Å². The van der Waals surface area contributed by atoms with E-state index in [9.17, 15) is 9.90 Å². The summed E-state index contributed by atoms with van der Waals surface area (Å²) >= 11 is 6.01. The summed E-state index contributed by atoms with van der Waals surface area (Å²) in [5.74, 6) is 0.116. The van der Waals surface area contributed by atoms with E-state index in [4.69, 9.17) is 11.6 Å². The van der Waals surface area contributed by atoms with Crippen LogP contribution in [0.5, 0.6) is 0 Å². The fourth-order valence-electron chi connectivity index (χ4n) is 2.66. The van der Waals surface area contributed by atoms with Crippen LogP contribution in [0.25, 0.3) is 11.0 Å². The number of hydrogen-bond acceptors (Lipinski definition) is 3. The molecule has 0 amide bonds. The molecule has 0 atom stereocenters. The van der Waals surface area contributed by atoms with Crippen LogP contribution in [0.4, 0.5) is 0 Å². The van der Waals surface area contributed by atoms with Gasteiger partial charge in [0, 0.05) is 18.6 Å². The smallest absolute Gasteiger partial charge is 0.310 e. The van der Waals surface area contributed by atoms with E-state index < -0.39 is 11.4 Å². The van der Waals surface area contributed by atoms with Crippen molar-refractivity contribution in [2.75, 3.05) is 6.54 Å². The Morgan fingerprint density at radius 1 is 1.41 bits per heavy atom. The van der Waals surface area contributed by atoms with Crippen LogP contribution < -0.4 is 5.32 Å². The summed E-state index contributed by atoms with van der Waals surface area (Å²) in [7, 11) is 1.94. The first-order valence-electron chi connectivity index (χ1n) is 7.48. The second-order valence-electron chi connectivity index (χ2n) is 5.62. The third-order valence-electron chi connectivity index (χ3n) is 4.49. The fourth-order valence-corrected chi connectivity index (χ4v) is 2.83. The van der Waals surface area contributed by atoms with E-state index in [-0.39, 0.29) is 0 Å². The molecule has 0 saturated carbocycles. The maximum atomic E-state index is 11.5. The molecular formula is C16H22ClN3O2. The lowest BCUT2D eigenvalue weighted by atomic mass is 9.82. The van der Waals surface area contributed by atoms with Gasteiger partial charge in [0.15, 0.2) is 0 Å². The molecule has 0 radical (unpaired) electrons. The molecule has 0 saturated heterocycles. The highest BCUT2D eigenvalue weighted by Gasteiger charge is 2.34. The van der Waals surface area contributed by atoms with E-state index in [1.807, 2.05) is 43.7 Å². The van der Waals surface area contributed by atoms with Crippen molar-refractivity contribution in [1.82, 2.24) is 14.9 Å². The van der Waals surface area contributed by atoms with E-state index in [0.29, 0.717) is 31.0 Å². The first-order valence-corrected chi connectivity index (χ1v) is 7.86. The minimum absolute atomic E-state index is 0.430. The van der Waals surface area contributed by atoms with Gasteiger partial charge in [0.1, 0.15) is 5.82 Å². The fraction of sp³-hybridized carbons (Fsp3) is 0.500. The number of carboxylic acid groups (broad SMARTS) is 1. The summed E-state index contributed by atoms with van der Waals surface area (Å²) in [5, 5.41) is 13.4. The molecule has 0 unspecified atom stereocenters. The molecule has 1 aromatic heterocycles. The van der Waals surface area contributed by atoms with E-state index >= 15 is 0 Å². The molecular weight excluding hydrogens is 302 g/mol. The zero-order valence-electron chi connectivity index (χ0n) is 13.2. The predicted molar refractivity (Wildman–Crippen MR) is 88.1 cm³/mol. The maximum absolute atomic E-state index is 11.5. The summed E-state index contributed by atoms with van der Waals surface area (Å²) in [6, 6.07) is 5.59. The molecule has 0 fully saturated rings. The van der Waals surface area contributed by atoms with Crippen molar-refractivity contribution < 1.29 is 9.90 Å². The first-order chi connectivity index (χ1) is 10.4. The molecule has 0 bridgehead atoms. The van der Waals surface area contributed by atoms with Crippen LogP contribution in [0.3, 0.4) is 0 Å². The first kappa shape index (κ1) is 16.8. The van der Waals surface area contributed by atoms with Crippen LogP contribution in [0.1, 0.15) is 32.5 Å². The lowest BCUT2D eigenvalue weighted by Gasteiger charge is -2.26. The average Bonchev–Trinajstić information content (AvgIpc) is 2.80. The van der Waals surface area contributed by atoms with Gasteiger partial charge in [0.2, 0.25) is 0 Å². The predicted octanol–water partition coefficient (Wildman–Crippen LogP) is 3.21. The van der Waals surface area contributed by atoms with Gasteiger partial charge < -0.3 is 15.0 Å². The molecule has 6 heteroatoms. The Bertz CT molecular complexity index is 677. The third-order valence-corrected chi connectivity index (χ3v) is 4.72. The molecule has 0 aliphatic rings. The summed E-state index contributed by atoms with van der Waals surface area (Å²) in [6.45, 7) is 4.78. The highest BCUT2D eigenvalue weighted by molar-refractivity contribution is 6.31. The number of nitrogens with zero attached hydrogens (tertiary/aromatic N) is 2. The van der Waals surface area contributed by atoms with Gasteiger partial charge in [-0.3, -0.25) is 4.79 Å². The lowest BCUT2D eigenvalue weighted by Crippen LogP contribution is -2.40. The number of imidazole rings is 1. The van der Waals surface area contributed by atoms with Gasteiger partial charge in [0.05, 0.1) is 23.0 Å². The second kappa shape index (κ2) is 6.67. The molecule has 2 N–H and O–H groups in total. The molecule has 1 heterocycles. The van der Waals surface area contributed by atoms with Gasteiger partial charge >= 0.3 is 5.97 Å². The number of aromatic nitrogens is 2. The number of aryl methyl sites for hydroxylation is 1. The Morgan fingerprint density at radius 3 is 2.68 bits per heavy atom. The minimum Gasteiger partial charge on any atom is -0.481 e. The highest BCUT2D eigenvalue weighted by atomic mass is 35.5. The van der Waals surface area contributed by atoms with Gasteiger partial charge in [0.25, 0.3) is 0 Å². The van der Waals surface area contributed by atoms with Gasteiger partial charge in [-0.15, -0.1) is 0 Å². The molecule has 0 aliphatic heterocycles. The van der Waals surface area contributed by atoms with Crippen molar-refractivity contribution in [2.24, 2.45) is 12.5 Å². The summed E-state index contributed by atoms with van der Waals surface area (Å²) in [6.07, 6.45) is 1.20. The molecule has 2 aromatic rings. The van der Waals surface area contributed by atoms with Crippen LogP contribution in [0.2, 0.25) is 5.02 Å². The van der Waals surface area contributed by atoms with Crippen LogP contribution in [-0.4, -0.2) is 27.2 Å². The van der Waals surface area contributed by atoms with Crippen LogP contribution in [0, 0.1) is 5.41 Å². The second-order valence-corrected chi connectivity index (χ2v) is 6.05. The van der Waals surface area contributed by atoms with Crippen LogP contribution in [-0.2, 0) is 18.4 Å². The van der Waals surface area contributed by atoms with Gasteiger partial charge in [-0.05, 0) is 31.0 Å². The number of carbonyl (C=O) groups is 1. The molecule has 120 valence electrons. The van der Waals surface area contributed by atoms with Crippen LogP contribution in [0.15, 0.2) is 18.2 Å². The number of nitrogens with one attached hydrogen (secondary N) is 1. The van der Waals surface area contributed by atoms with Gasteiger partial charge in [-0.25, -0.2) is 4.98 Å². The number of fused-ring (bicyclic) bond motifs is 1. The monoisotopic (exact) mass is 323 g/mol. The Hall–Kier alpha value is -1.59. The van der Waals surface area contributed by atoms with Crippen molar-refractivity contribution in [3.05, 3.63) is 29.0 Å². The van der Waals surface area contributed by atoms with E-state index in [2.05, 4.69) is 10.3 Å². The van der Waals surface area contributed by atoms with Crippen molar-refractivity contribution in [2.45, 2.75) is 33.2 Å². The molecule has 0 spiro atoms. The average molecular weight is 324 g/mol. The molecule has 22 heavy (non-hydrogen) atoms. The Balaban J connectivity index is 2.12. The van der Waals surface area contributed by atoms with E-state index in [1.54, 1.807) is 0 Å². The Morgan fingerprint density at radius 2 is 2.09 bits per heavy atom. The van der Waals surface area contributed by atoms with Crippen molar-refractivity contribution >= 4 is 28.6 Å². The number of hydrogen-bond donors (Lipinski definition) is 2. The van der Waals surface area contributed by atoms with Crippen molar-refractivity contribution in [1.29, 1.82) is 0 Å². The Kier molecular flexibility index (Phi) is 5.08. The SMILES string of the molecule is CCC(CC)(CNCc1nc2ccc(Cl)cc2n1C)C(=O)O. The highest BCUT2D eigenvalue weighted by Crippen LogP contribution is 2.26. The number of benzene rings is 1. The molecule has 2 rings (SSSR count). The summed E-state index contributed by atoms with van der Waals surface area (Å²) < 4.78 is 1.98. The summed E-state index contributed by atoms with van der Waals surface area (Å²) in [4.78, 5) is 16.1. The minimum atomic E-state index is -0.748. The molecule has 1 aromatic carbocycles. The topological polar surface area (TPSA) is 67.2 Å². The van der Waals surface area contributed by atoms with E-state index in [1.165, 1.54) is 0 Å². The lowest BCUT2D eigenvalue weighted by molar-refractivity contribution is -0.149. The third kappa shape index (κ3) is 3.10. The van der Waals surface area contributed by atoms with Crippen molar-refractivity contribution in [3.63, 3.8) is 0 Å². The standard InChI is InChI=1S/C16H22ClN3O2/c1-4-16(5-2,15(21)22)10-18-9-14-19-12-7-6-11(17)8-13(12)20(14)3/h6-8,18H,4-5,9-10H2,1-3H3,(H,21,22). The maximum Gasteiger partial charge on any atom is 0.310 e. The largest absolute Gasteiger partial charge is 0.481 e. The number of rotatable bonds is 7. The quantitative estimate of drug-likeness (QED) is 0.821. The van der Waals surface area contributed by atoms with Gasteiger partial charge in [-0.2, -0.15) is 0 Å².